The Morgan fingerprint density at radius 1 is 1.44 bits per heavy atom. The van der Waals surface area contributed by atoms with Gasteiger partial charge in [0.25, 0.3) is 5.91 Å². The quantitative estimate of drug-likeness (QED) is 0.728. The standard InChI is InChI=1S/C9H11N3O4/c1-5(9(14)15)10-8(13)6-3-4-7(16-2)12-11-6/h3-5H,1-2H3,(H,10,13)(H,14,15)/t5-/m0/s1. The van der Waals surface area contributed by atoms with Crippen molar-refractivity contribution in [3.05, 3.63) is 17.8 Å². The van der Waals surface area contributed by atoms with E-state index in [0.717, 1.165) is 0 Å². The van der Waals surface area contributed by atoms with E-state index in [4.69, 9.17) is 9.84 Å². The number of amides is 1. The average molecular weight is 225 g/mol. The van der Waals surface area contributed by atoms with Crippen LogP contribution in [0.3, 0.4) is 0 Å². The summed E-state index contributed by atoms with van der Waals surface area (Å²) in [5, 5.41) is 18.0. The third-order valence-corrected chi connectivity index (χ3v) is 1.80. The maximum Gasteiger partial charge on any atom is 0.325 e. The van der Waals surface area contributed by atoms with Crippen LogP contribution in [-0.2, 0) is 4.79 Å². The Hall–Kier alpha value is -2.18. The van der Waals surface area contributed by atoms with Gasteiger partial charge in [0, 0.05) is 6.07 Å². The van der Waals surface area contributed by atoms with Crippen molar-refractivity contribution >= 4 is 11.9 Å². The summed E-state index contributed by atoms with van der Waals surface area (Å²) in [6, 6.07) is 1.89. The van der Waals surface area contributed by atoms with Crippen molar-refractivity contribution in [2.24, 2.45) is 0 Å². The summed E-state index contributed by atoms with van der Waals surface area (Å²) in [6.45, 7) is 1.36. The van der Waals surface area contributed by atoms with E-state index in [0.29, 0.717) is 0 Å². The monoisotopic (exact) mass is 225 g/mol. The van der Waals surface area contributed by atoms with Crippen molar-refractivity contribution in [1.29, 1.82) is 0 Å². The van der Waals surface area contributed by atoms with Gasteiger partial charge in [-0.15, -0.1) is 10.2 Å². The van der Waals surface area contributed by atoms with Gasteiger partial charge in [0.2, 0.25) is 5.88 Å². The van der Waals surface area contributed by atoms with E-state index >= 15 is 0 Å². The second kappa shape index (κ2) is 5.06. The molecule has 86 valence electrons. The fourth-order valence-corrected chi connectivity index (χ4v) is 0.882. The maximum atomic E-state index is 11.4. The van der Waals surface area contributed by atoms with Gasteiger partial charge in [0.05, 0.1) is 7.11 Å². The SMILES string of the molecule is COc1ccc(C(=O)N[C@@H](C)C(=O)O)nn1. The van der Waals surface area contributed by atoms with Crippen molar-refractivity contribution in [2.75, 3.05) is 7.11 Å². The van der Waals surface area contributed by atoms with Gasteiger partial charge in [-0.25, -0.2) is 0 Å². The molecule has 0 aromatic carbocycles. The lowest BCUT2D eigenvalue weighted by atomic mass is 10.3. The van der Waals surface area contributed by atoms with E-state index in [-0.39, 0.29) is 11.6 Å². The highest BCUT2D eigenvalue weighted by molar-refractivity contribution is 5.94. The molecule has 16 heavy (non-hydrogen) atoms. The molecule has 7 nitrogen and oxygen atoms in total. The predicted molar refractivity (Wildman–Crippen MR) is 53.1 cm³/mol. The number of hydrogen-bond donors (Lipinski definition) is 2. The lowest BCUT2D eigenvalue weighted by molar-refractivity contribution is -0.138. The molecule has 0 spiro atoms. The third kappa shape index (κ3) is 2.91. The number of carbonyl (C=O) groups is 2. The third-order valence-electron chi connectivity index (χ3n) is 1.80. The Kier molecular flexibility index (Phi) is 3.76. The minimum atomic E-state index is -1.12. The molecule has 1 atom stereocenters. The first kappa shape index (κ1) is 11.9. The summed E-state index contributed by atoms with van der Waals surface area (Å²) >= 11 is 0. The van der Waals surface area contributed by atoms with Crippen molar-refractivity contribution in [2.45, 2.75) is 13.0 Å². The molecule has 0 fully saturated rings. The first-order valence-electron chi connectivity index (χ1n) is 4.46. The molecule has 0 bridgehead atoms. The van der Waals surface area contributed by atoms with Gasteiger partial charge < -0.3 is 15.2 Å². The average Bonchev–Trinajstić information content (AvgIpc) is 2.28. The van der Waals surface area contributed by atoms with Gasteiger partial charge in [-0.3, -0.25) is 9.59 Å². The van der Waals surface area contributed by atoms with Gasteiger partial charge in [-0.2, -0.15) is 0 Å². The van der Waals surface area contributed by atoms with Crippen molar-refractivity contribution in [3.8, 4) is 5.88 Å². The number of nitrogens with one attached hydrogen (secondary N) is 1. The molecule has 0 aliphatic rings. The number of rotatable bonds is 4. The molecule has 1 aromatic heterocycles. The first-order valence-corrected chi connectivity index (χ1v) is 4.46. The van der Waals surface area contributed by atoms with Crippen molar-refractivity contribution in [1.82, 2.24) is 15.5 Å². The molecular formula is C9H11N3O4. The van der Waals surface area contributed by atoms with Crippen molar-refractivity contribution in [3.63, 3.8) is 0 Å². The molecule has 0 saturated carbocycles. The fraction of sp³-hybridized carbons (Fsp3) is 0.333. The highest BCUT2D eigenvalue weighted by Crippen LogP contribution is 2.03. The summed E-state index contributed by atoms with van der Waals surface area (Å²) < 4.78 is 4.77. The van der Waals surface area contributed by atoms with Gasteiger partial charge >= 0.3 is 5.97 Å². The zero-order valence-corrected chi connectivity index (χ0v) is 8.80. The van der Waals surface area contributed by atoms with Crippen LogP contribution in [0.1, 0.15) is 17.4 Å². The van der Waals surface area contributed by atoms with Crippen LogP contribution in [0.25, 0.3) is 0 Å². The van der Waals surface area contributed by atoms with Crippen LogP contribution in [0.15, 0.2) is 12.1 Å². The molecule has 1 heterocycles. The molecule has 0 unspecified atom stereocenters. The van der Waals surface area contributed by atoms with Crippen LogP contribution in [-0.4, -0.2) is 40.3 Å². The largest absolute Gasteiger partial charge is 0.480 e. The summed E-state index contributed by atoms with van der Waals surface area (Å²) in [7, 11) is 1.43. The van der Waals surface area contributed by atoms with Crippen LogP contribution in [0.2, 0.25) is 0 Å². The van der Waals surface area contributed by atoms with E-state index in [9.17, 15) is 9.59 Å². The number of aromatic nitrogens is 2. The van der Waals surface area contributed by atoms with E-state index in [1.807, 2.05) is 0 Å². The van der Waals surface area contributed by atoms with Gasteiger partial charge in [-0.05, 0) is 13.0 Å². The topological polar surface area (TPSA) is 101 Å². The summed E-state index contributed by atoms with van der Waals surface area (Å²) in [6.07, 6.45) is 0. The molecule has 7 heteroatoms. The smallest absolute Gasteiger partial charge is 0.325 e. The number of carboxylic acids is 1. The van der Waals surface area contributed by atoms with E-state index in [1.54, 1.807) is 0 Å². The number of carboxylic acid groups (broad SMARTS) is 1. The summed E-state index contributed by atoms with van der Waals surface area (Å²) in [5.74, 6) is -1.43. The van der Waals surface area contributed by atoms with E-state index in [2.05, 4.69) is 15.5 Å². The van der Waals surface area contributed by atoms with Crippen molar-refractivity contribution < 1.29 is 19.4 Å². The number of methoxy groups -OCH3 is 1. The second-order valence-corrected chi connectivity index (χ2v) is 2.99. The maximum absolute atomic E-state index is 11.4. The molecule has 0 saturated heterocycles. The predicted octanol–water partition coefficient (Wildman–Crippen LogP) is -0.312. The first-order chi connectivity index (χ1) is 7.54. The van der Waals surface area contributed by atoms with Gasteiger partial charge in [0.15, 0.2) is 5.69 Å². The van der Waals surface area contributed by atoms with Crippen LogP contribution < -0.4 is 10.1 Å². The fourth-order valence-electron chi connectivity index (χ4n) is 0.882. The second-order valence-electron chi connectivity index (χ2n) is 2.99. The number of nitrogens with zero attached hydrogens (tertiary/aromatic N) is 2. The van der Waals surface area contributed by atoms with Gasteiger partial charge in [0.1, 0.15) is 6.04 Å². The summed E-state index contributed by atoms with van der Waals surface area (Å²) in [4.78, 5) is 21.9. The Balaban J connectivity index is 2.69. The molecule has 1 amide bonds. The number of carbonyl (C=O) groups excluding carboxylic acids is 1. The van der Waals surface area contributed by atoms with Crippen LogP contribution in [0.4, 0.5) is 0 Å². The lowest BCUT2D eigenvalue weighted by Gasteiger charge is -2.08. The Bertz CT molecular complexity index is 390. The number of hydrogen-bond acceptors (Lipinski definition) is 5. The van der Waals surface area contributed by atoms with Crippen LogP contribution >= 0.6 is 0 Å². The molecule has 0 aliphatic carbocycles. The van der Waals surface area contributed by atoms with Gasteiger partial charge in [-0.1, -0.05) is 0 Å². The highest BCUT2D eigenvalue weighted by atomic mass is 16.5. The number of aliphatic carboxylic acids is 1. The van der Waals surface area contributed by atoms with E-state index in [1.165, 1.54) is 26.2 Å². The zero-order chi connectivity index (χ0) is 12.1. The zero-order valence-electron chi connectivity index (χ0n) is 8.80. The summed E-state index contributed by atoms with van der Waals surface area (Å²) in [5.41, 5.74) is 0.0360. The Morgan fingerprint density at radius 2 is 2.12 bits per heavy atom. The number of ether oxygens (including phenoxy) is 1. The minimum absolute atomic E-state index is 0.0360. The van der Waals surface area contributed by atoms with Crippen LogP contribution in [0, 0.1) is 0 Å². The molecule has 2 N–H and O–H groups in total. The molecule has 0 aliphatic heterocycles. The molecule has 0 radical (unpaired) electrons. The molecule has 1 rings (SSSR count). The lowest BCUT2D eigenvalue weighted by Crippen LogP contribution is -2.38. The minimum Gasteiger partial charge on any atom is -0.480 e. The van der Waals surface area contributed by atoms with E-state index < -0.39 is 17.9 Å². The highest BCUT2D eigenvalue weighted by Gasteiger charge is 2.16. The molecular weight excluding hydrogens is 214 g/mol. The Morgan fingerprint density at radius 3 is 2.56 bits per heavy atom. The Labute approximate surface area is 91.4 Å². The molecule has 1 aromatic rings. The normalized spacial score (nSPS) is 11.6. The van der Waals surface area contributed by atoms with Crippen LogP contribution in [0.5, 0.6) is 5.88 Å².